The van der Waals surface area contributed by atoms with Crippen LogP contribution in [0.5, 0.6) is 5.75 Å². The molecule has 172 valence electrons. The maximum absolute atomic E-state index is 12.2. The number of nitrogens with one attached hydrogen (secondary N) is 3. The van der Waals surface area contributed by atoms with E-state index in [1.54, 1.807) is 31.4 Å². The number of likely N-dealkylation sites (N-methyl/N-ethyl adjacent to an activating group) is 1. The predicted octanol–water partition coefficient (Wildman–Crippen LogP) is 1.10. The van der Waals surface area contributed by atoms with Crippen molar-refractivity contribution >= 4 is 17.7 Å². The van der Waals surface area contributed by atoms with Crippen LogP contribution in [0.25, 0.3) is 0 Å². The highest BCUT2D eigenvalue weighted by Crippen LogP contribution is 2.12. The summed E-state index contributed by atoms with van der Waals surface area (Å²) in [5.41, 5.74) is 2.08. The van der Waals surface area contributed by atoms with Gasteiger partial charge in [-0.05, 0) is 30.2 Å². The van der Waals surface area contributed by atoms with Crippen LogP contribution in [0.3, 0.4) is 0 Å². The number of methoxy groups -OCH3 is 1. The van der Waals surface area contributed by atoms with Crippen molar-refractivity contribution in [3.8, 4) is 17.6 Å². The first-order chi connectivity index (χ1) is 14.7. The lowest BCUT2D eigenvalue weighted by Gasteiger charge is -2.10. The summed E-state index contributed by atoms with van der Waals surface area (Å²) in [6.45, 7) is 7.16. The molecule has 0 aromatic heterocycles. The molecule has 4 N–H and O–H groups in total. The second-order valence-electron chi connectivity index (χ2n) is 7.05. The molecule has 0 saturated carbocycles. The van der Waals surface area contributed by atoms with E-state index in [9.17, 15) is 14.4 Å². The van der Waals surface area contributed by atoms with E-state index in [0.29, 0.717) is 24.5 Å². The molecule has 0 spiro atoms. The lowest BCUT2D eigenvalue weighted by atomic mass is 10.0. The standard InChI is InChI=1S/C18H23N3O6.C4H10/c1-19-17(23)12-20-18(24)14(11-16(22)21-25)6-3-13-4-7-15(8-5-13)27-10-9-26-2;1-4(2)3/h4-5,7-8,14,25H,9-12H2,1-2H3,(H,19,23)(H,20,24)(H,21,22);4H,1-3H3. The summed E-state index contributed by atoms with van der Waals surface area (Å²) >= 11 is 0. The first-order valence-electron chi connectivity index (χ1n) is 9.88. The quantitative estimate of drug-likeness (QED) is 0.199. The number of hydrogen-bond acceptors (Lipinski definition) is 6. The van der Waals surface area contributed by atoms with Gasteiger partial charge in [0.05, 0.1) is 19.6 Å². The van der Waals surface area contributed by atoms with Gasteiger partial charge in [0.2, 0.25) is 17.7 Å². The molecular formula is C22H33N3O6. The largest absolute Gasteiger partial charge is 0.491 e. The SMILES string of the molecule is CC(C)C.CNC(=O)CNC(=O)C(C#Cc1ccc(OCCOC)cc1)CC(=O)NO. The third-order valence-electron chi connectivity index (χ3n) is 3.33. The topological polar surface area (TPSA) is 126 Å². The fourth-order valence-electron chi connectivity index (χ4n) is 1.87. The lowest BCUT2D eigenvalue weighted by molar-refractivity contribution is -0.133. The smallest absolute Gasteiger partial charge is 0.245 e. The second-order valence-corrected chi connectivity index (χ2v) is 7.05. The molecule has 9 nitrogen and oxygen atoms in total. The van der Waals surface area contributed by atoms with Crippen LogP contribution in [0.4, 0.5) is 0 Å². The van der Waals surface area contributed by atoms with Gasteiger partial charge in [-0.1, -0.05) is 32.6 Å². The van der Waals surface area contributed by atoms with Crippen molar-refractivity contribution in [2.75, 3.05) is 33.9 Å². The number of carbonyl (C=O) groups is 3. The zero-order valence-electron chi connectivity index (χ0n) is 18.8. The number of hydrogen-bond donors (Lipinski definition) is 4. The molecule has 3 amide bonds. The summed E-state index contributed by atoms with van der Waals surface area (Å²) in [4.78, 5) is 34.8. The molecule has 0 heterocycles. The molecule has 1 aromatic rings. The van der Waals surface area contributed by atoms with Crippen LogP contribution in [0.2, 0.25) is 0 Å². The molecule has 0 aliphatic rings. The number of benzene rings is 1. The van der Waals surface area contributed by atoms with Gasteiger partial charge in [0.25, 0.3) is 0 Å². The molecule has 0 aliphatic carbocycles. The van der Waals surface area contributed by atoms with Gasteiger partial charge in [0.1, 0.15) is 18.3 Å². The van der Waals surface area contributed by atoms with E-state index < -0.39 is 17.7 Å². The average Bonchev–Trinajstić information content (AvgIpc) is 2.75. The van der Waals surface area contributed by atoms with Crippen LogP contribution in [0.1, 0.15) is 32.8 Å². The van der Waals surface area contributed by atoms with Gasteiger partial charge in [0, 0.05) is 19.7 Å². The van der Waals surface area contributed by atoms with Crippen LogP contribution in [0.15, 0.2) is 24.3 Å². The van der Waals surface area contributed by atoms with E-state index in [1.165, 1.54) is 12.5 Å². The zero-order valence-corrected chi connectivity index (χ0v) is 18.8. The van der Waals surface area contributed by atoms with Crippen molar-refractivity contribution < 1.29 is 29.1 Å². The van der Waals surface area contributed by atoms with Gasteiger partial charge in [-0.3, -0.25) is 19.6 Å². The van der Waals surface area contributed by atoms with Gasteiger partial charge in [-0.2, -0.15) is 0 Å². The molecular weight excluding hydrogens is 402 g/mol. The average molecular weight is 436 g/mol. The third kappa shape index (κ3) is 14.5. The second kappa shape index (κ2) is 16.7. The van der Waals surface area contributed by atoms with Crippen molar-refractivity contribution in [3.05, 3.63) is 29.8 Å². The van der Waals surface area contributed by atoms with Crippen LogP contribution >= 0.6 is 0 Å². The Morgan fingerprint density at radius 1 is 1.06 bits per heavy atom. The number of ether oxygens (including phenoxy) is 2. The molecule has 0 fully saturated rings. The normalized spacial score (nSPS) is 10.5. The van der Waals surface area contributed by atoms with Gasteiger partial charge in [-0.15, -0.1) is 0 Å². The Labute approximate surface area is 183 Å². The minimum Gasteiger partial charge on any atom is -0.491 e. The summed E-state index contributed by atoms with van der Waals surface area (Å²) in [5.74, 6) is 4.21. The van der Waals surface area contributed by atoms with Crippen LogP contribution in [0, 0.1) is 23.7 Å². The number of hydroxylamine groups is 1. The summed E-state index contributed by atoms with van der Waals surface area (Å²) in [7, 11) is 3.02. The fourth-order valence-corrected chi connectivity index (χ4v) is 1.87. The molecule has 1 rings (SSSR count). The summed E-state index contributed by atoms with van der Waals surface area (Å²) in [6.07, 6.45) is -0.346. The highest BCUT2D eigenvalue weighted by molar-refractivity contribution is 5.90. The molecule has 0 bridgehead atoms. The Kier molecular flexibility index (Phi) is 15.0. The van der Waals surface area contributed by atoms with Gasteiger partial charge < -0.3 is 20.1 Å². The maximum atomic E-state index is 12.2. The van der Waals surface area contributed by atoms with Crippen molar-refractivity contribution in [1.82, 2.24) is 16.1 Å². The first-order valence-corrected chi connectivity index (χ1v) is 9.88. The Bertz CT molecular complexity index is 735. The third-order valence-corrected chi connectivity index (χ3v) is 3.33. The Morgan fingerprint density at radius 3 is 2.19 bits per heavy atom. The predicted molar refractivity (Wildman–Crippen MR) is 116 cm³/mol. The monoisotopic (exact) mass is 435 g/mol. The molecule has 31 heavy (non-hydrogen) atoms. The number of amides is 3. The zero-order chi connectivity index (χ0) is 23.6. The van der Waals surface area contributed by atoms with Crippen molar-refractivity contribution in [2.45, 2.75) is 27.2 Å². The summed E-state index contributed by atoms with van der Waals surface area (Å²) in [6, 6.07) is 6.86. The summed E-state index contributed by atoms with van der Waals surface area (Å²) < 4.78 is 10.3. The van der Waals surface area contributed by atoms with Crippen LogP contribution < -0.4 is 20.9 Å². The van der Waals surface area contributed by atoms with E-state index in [-0.39, 0.29) is 18.9 Å². The van der Waals surface area contributed by atoms with Gasteiger partial charge in [0.15, 0.2) is 0 Å². The van der Waals surface area contributed by atoms with Crippen molar-refractivity contribution in [1.29, 1.82) is 0 Å². The maximum Gasteiger partial charge on any atom is 0.245 e. The minimum absolute atomic E-state index is 0.234. The minimum atomic E-state index is -1.03. The Hall–Kier alpha value is -3.09. The molecule has 9 heteroatoms. The summed E-state index contributed by atoms with van der Waals surface area (Å²) in [5, 5.41) is 13.4. The molecule has 0 saturated heterocycles. The molecule has 0 aliphatic heterocycles. The number of carbonyl (C=O) groups excluding carboxylic acids is 3. The lowest BCUT2D eigenvalue weighted by Crippen LogP contribution is -2.39. The highest BCUT2D eigenvalue weighted by atomic mass is 16.5. The van der Waals surface area contributed by atoms with Crippen LogP contribution in [-0.2, 0) is 19.1 Å². The molecule has 1 aromatic carbocycles. The fraction of sp³-hybridized carbons (Fsp3) is 0.500. The molecule has 1 unspecified atom stereocenters. The van der Waals surface area contributed by atoms with E-state index in [1.807, 2.05) is 0 Å². The molecule has 0 radical (unpaired) electrons. The van der Waals surface area contributed by atoms with Crippen LogP contribution in [-0.4, -0.2) is 56.8 Å². The first kappa shape index (κ1) is 27.9. The number of rotatable bonds is 9. The van der Waals surface area contributed by atoms with Crippen molar-refractivity contribution in [3.63, 3.8) is 0 Å². The van der Waals surface area contributed by atoms with Crippen molar-refractivity contribution in [2.24, 2.45) is 11.8 Å². The molecule has 1 atom stereocenters. The Morgan fingerprint density at radius 2 is 1.68 bits per heavy atom. The Balaban J connectivity index is 0.00000206. The van der Waals surface area contributed by atoms with E-state index >= 15 is 0 Å². The van der Waals surface area contributed by atoms with E-state index in [2.05, 4.69) is 43.2 Å². The van der Waals surface area contributed by atoms with E-state index in [4.69, 9.17) is 14.7 Å². The van der Waals surface area contributed by atoms with Gasteiger partial charge >= 0.3 is 0 Å². The highest BCUT2D eigenvalue weighted by Gasteiger charge is 2.20. The van der Waals surface area contributed by atoms with Gasteiger partial charge in [-0.25, -0.2) is 5.48 Å². The van der Waals surface area contributed by atoms with E-state index in [0.717, 1.165) is 5.92 Å².